The summed E-state index contributed by atoms with van der Waals surface area (Å²) in [6, 6.07) is 3.52. The average molecular weight is 241 g/mol. The highest BCUT2D eigenvalue weighted by Crippen LogP contribution is 2.22. The van der Waals surface area contributed by atoms with Crippen molar-refractivity contribution in [1.82, 2.24) is 5.32 Å². The van der Waals surface area contributed by atoms with E-state index in [4.69, 9.17) is 0 Å². The molecular weight excluding hydrogens is 224 g/mol. The van der Waals surface area contributed by atoms with Crippen molar-refractivity contribution in [3.8, 4) is 0 Å². The van der Waals surface area contributed by atoms with Gasteiger partial charge in [-0.15, -0.1) is 0 Å². The number of nitrogens with one attached hydrogen (secondary N) is 1. The standard InChI is InChI=1S/C13H17F2NO/c1-8(14)11-7-9(15)5-6-10(11)12(17)16-13(2,3)4/h5-8H,1-4H3,(H,16,17)/t8-/m0/s1. The molecule has 94 valence electrons. The number of alkyl halides is 1. The van der Waals surface area contributed by atoms with E-state index >= 15 is 0 Å². The Morgan fingerprint density at radius 1 is 1.35 bits per heavy atom. The Morgan fingerprint density at radius 2 is 1.94 bits per heavy atom. The molecule has 17 heavy (non-hydrogen) atoms. The lowest BCUT2D eigenvalue weighted by Gasteiger charge is -2.21. The molecule has 0 saturated carbocycles. The number of carbonyl (C=O) groups is 1. The second kappa shape index (κ2) is 4.82. The predicted molar refractivity (Wildman–Crippen MR) is 63.1 cm³/mol. The zero-order valence-electron chi connectivity index (χ0n) is 10.5. The maximum atomic E-state index is 13.3. The van der Waals surface area contributed by atoms with Gasteiger partial charge in [-0.2, -0.15) is 0 Å². The molecule has 0 aromatic heterocycles. The topological polar surface area (TPSA) is 29.1 Å². The monoisotopic (exact) mass is 241 g/mol. The summed E-state index contributed by atoms with van der Waals surface area (Å²) < 4.78 is 26.3. The van der Waals surface area contributed by atoms with E-state index in [0.29, 0.717) is 0 Å². The van der Waals surface area contributed by atoms with Crippen LogP contribution >= 0.6 is 0 Å². The molecule has 0 fully saturated rings. The van der Waals surface area contributed by atoms with Crippen LogP contribution in [0.25, 0.3) is 0 Å². The zero-order chi connectivity index (χ0) is 13.2. The van der Waals surface area contributed by atoms with Crippen LogP contribution in [0.3, 0.4) is 0 Å². The van der Waals surface area contributed by atoms with Crippen molar-refractivity contribution in [2.75, 3.05) is 0 Å². The van der Waals surface area contributed by atoms with Gasteiger partial charge in [-0.3, -0.25) is 4.79 Å². The molecule has 2 nitrogen and oxygen atoms in total. The molecule has 4 heteroatoms. The summed E-state index contributed by atoms with van der Waals surface area (Å²) in [7, 11) is 0. The summed E-state index contributed by atoms with van der Waals surface area (Å²) in [5.41, 5.74) is -0.162. The van der Waals surface area contributed by atoms with E-state index in [1.54, 1.807) is 0 Å². The molecule has 0 spiro atoms. The minimum Gasteiger partial charge on any atom is -0.347 e. The summed E-state index contributed by atoms with van der Waals surface area (Å²) in [5.74, 6) is -0.936. The van der Waals surface area contributed by atoms with Gasteiger partial charge in [-0.05, 0) is 45.9 Å². The van der Waals surface area contributed by atoms with Gasteiger partial charge >= 0.3 is 0 Å². The third kappa shape index (κ3) is 3.80. The molecule has 0 aliphatic heterocycles. The highest BCUT2D eigenvalue weighted by atomic mass is 19.1. The van der Waals surface area contributed by atoms with Gasteiger partial charge in [0.1, 0.15) is 12.0 Å². The Morgan fingerprint density at radius 3 is 2.41 bits per heavy atom. The van der Waals surface area contributed by atoms with Crippen molar-refractivity contribution >= 4 is 5.91 Å². The summed E-state index contributed by atoms with van der Waals surface area (Å²) >= 11 is 0. The van der Waals surface area contributed by atoms with Crippen LogP contribution in [-0.2, 0) is 0 Å². The summed E-state index contributed by atoms with van der Waals surface area (Å²) in [4.78, 5) is 11.9. The number of benzene rings is 1. The Bertz CT molecular complexity index is 422. The van der Waals surface area contributed by atoms with Crippen molar-refractivity contribution in [1.29, 1.82) is 0 Å². The zero-order valence-corrected chi connectivity index (χ0v) is 10.5. The molecule has 1 N–H and O–H groups in total. The van der Waals surface area contributed by atoms with Crippen LogP contribution in [0, 0.1) is 5.82 Å². The molecule has 0 aliphatic rings. The molecule has 1 aromatic carbocycles. The van der Waals surface area contributed by atoms with E-state index < -0.39 is 23.4 Å². The largest absolute Gasteiger partial charge is 0.347 e. The van der Waals surface area contributed by atoms with Crippen LogP contribution in [0.4, 0.5) is 8.78 Å². The van der Waals surface area contributed by atoms with Crippen LogP contribution < -0.4 is 5.32 Å². The summed E-state index contributed by atoms with van der Waals surface area (Å²) in [5, 5.41) is 2.72. The maximum absolute atomic E-state index is 13.3. The molecule has 0 heterocycles. The minimum absolute atomic E-state index is 0.0757. The first-order chi connectivity index (χ1) is 7.70. The van der Waals surface area contributed by atoms with Crippen LogP contribution in [0.15, 0.2) is 18.2 Å². The van der Waals surface area contributed by atoms with E-state index in [9.17, 15) is 13.6 Å². The maximum Gasteiger partial charge on any atom is 0.252 e. The second-order valence-electron chi connectivity index (χ2n) is 5.05. The number of rotatable bonds is 2. The lowest BCUT2D eigenvalue weighted by Crippen LogP contribution is -2.41. The smallest absolute Gasteiger partial charge is 0.252 e. The van der Waals surface area contributed by atoms with Gasteiger partial charge in [0.25, 0.3) is 5.91 Å². The molecule has 1 amide bonds. The van der Waals surface area contributed by atoms with Gasteiger partial charge in [0.2, 0.25) is 0 Å². The third-order valence-electron chi connectivity index (χ3n) is 2.18. The van der Waals surface area contributed by atoms with Gasteiger partial charge < -0.3 is 5.32 Å². The van der Waals surface area contributed by atoms with Gasteiger partial charge in [0.15, 0.2) is 0 Å². The molecule has 1 rings (SSSR count). The summed E-state index contributed by atoms with van der Waals surface area (Å²) in [6.45, 7) is 6.76. The van der Waals surface area contributed by atoms with Gasteiger partial charge in [0.05, 0.1) is 0 Å². The molecule has 0 bridgehead atoms. The number of carbonyl (C=O) groups excluding carboxylic acids is 1. The Labute approximate surface area is 100 Å². The van der Waals surface area contributed by atoms with E-state index in [1.165, 1.54) is 13.0 Å². The highest BCUT2D eigenvalue weighted by Gasteiger charge is 2.20. The van der Waals surface area contributed by atoms with Crippen LogP contribution in [-0.4, -0.2) is 11.4 Å². The van der Waals surface area contributed by atoms with E-state index in [1.807, 2.05) is 20.8 Å². The lowest BCUT2D eigenvalue weighted by atomic mass is 10.0. The van der Waals surface area contributed by atoms with Crippen molar-refractivity contribution in [3.63, 3.8) is 0 Å². The molecule has 0 saturated heterocycles. The highest BCUT2D eigenvalue weighted by molar-refractivity contribution is 5.96. The van der Waals surface area contributed by atoms with E-state index in [-0.39, 0.29) is 11.1 Å². The first-order valence-electron chi connectivity index (χ1n) is 5.47. The predicted octanol–water partition coefficient (Wildman–Crippen LogP) is 3.38. The summed E-state index contributed by atoms with van der Waals surface area (Å²) in [6.07, 6.45) is -1.38. The van der Waals surface area contributed by atoms with Crippen LogP contribution in [0.5, 0.6) is 0 Å². The van der Waals surface area contributed by atoms with Gasteiger partial charge in [-0.1, -0.05) is 0 Å². The molecule has 1 atom stereocenters. The quantitative estimate of drug-likeness (QED) is 0.844. The van der Waals surface area contributed by atoms with Crippen LogP contribution in [0.1, 0.15) is 49.8 Å². The fourth-order valence-electron chi connectivity index (χ4n) is 1.48. The van der Waals surface area contributed by atoms with Crippen molar-refractivity contribution in [2.24, 2.45) is 0 Å². The Hall–Kier alpha value is -1.45. The fourth-order valence-corrected chi connectivity index (χ4v) is 1.48. The average Bonchev–Trinajstić information content (AvgIpc) is 2.14. The molecular formula is C13H17F2NO. The molecule has 0 aliphatic carbocycles. The normalized spacial score (nSPS) is 13.3. The first kappa shape index (κ1) is 13.6. The van der Waals surface area contributed by atoms with Crippen molar-refractivity contribution < 1.29 is 13.6 Å². The van der Waals surface area contributed by atoms with Crippen LogP contribution in [0.2, 0.25) is 0 Å². The number of hydrogen-bond acceptors (Lipinski definition) is 1. The number of halogens is 2. The fraction of sp³-hybridized carbons (Fsp3) is 0.462. The lowest BCUT2D eigenvalue weighted by molar-refractivity contribution is 0.0916. The molecule has 1 aromatic rings. The van der Waals surface area contributed by atoms with E-state index in [0.717, 1.165) is 12.1 Å². The SMILES string of the molecule is C[C@H](F)c1cc(F)ccc1C(=O)NC(C)(C)C. The van der Waals surface area contributed by atoms with Crippen molar-refractivity contribution in [2.45, 2.75) is 39.4 Å². The second-order valence-corrected chi connectivity index (χ2v) is 5.05. The Kier molecular flexibility index (Phi) is 3.86. The minimum atomic E-state index is -1.38. The number of amides is 1. The third-order valence-corrected chi connectivity index (χ3v) is 2.18. The van der Waals surface area contributed by atoms with E-state index in [2.05, 4.69) is 5.32 Å². The first-order valence-corrected chi connectivity index (χ1v) is 5.47. The van der Waals surface area contributed by atoms with Gasteiger partial charge in [0, 0.05) is 16.7 Å². The Balaban J connectivity index is 3.09. The van der Waals surface area contributed by atoms with Crippen molar-refractivity contribution in [3.05, 3.63) is 35.1 Å². The number of hydrogen-bond donors (Lipinski definition) is 1. The molecule has 0 unspecified atom stereocenters. The molecule has 0 radical (unpaired) electrons. The van der Waals surface area contributed by atoms with Gasteiger partial charge in [-0.25, -0.2) is 8.78 Å².